The first-order valence-electron chi connectivity index (χ1n) is 10.6. The van der Waals surface area contributed by atoms with Crippen LogP contribution in [0, 0.1) is 6.92 Å². The zero-order valence-corrected chi connectivity index (χ0v) is 20.6. The number of hydrazone groups is 1. The number of aromatic hydroxyl groups is 1. The Hall–Kier alpha value is -3.82. The van der Waals surface area contributed by atoms with Gasteiger partial charge in [0.15, 0.2) is 11.5 Å². The third kappa shape index (κ3) is 6.00. The van der Waals surface area contributed by atoms with Gasteiger partial charge in [-0.2, -0.15) is 9.67 Å². The summed E-state index contributed by atoms with van der Waals surface area (Å²) in [6.45, 7) is 2.03. The van der Waals surface area contributed by atoms with E-state index in [0.717, 1.165) is 22.6 Å². The van der Waals surface area contributed by atoms with Crippen molar-refractivity contribution in [3.05, 3.63) is 82.9 Å². The number of rotatable bonds is 8. The molecule has 0 saturated heterocycles. The van der Waals surface area contributed by atoms with Crippen LogP contribution in [-0.2, 0) is 4.79 Å². The fraction of sp³-hybridized carbons (Fsp3) is 0.120. The number of hydrogen-bond acceptors (Lipinski definition) is 6. The normalized spacial score (nSPS) is 11.1. The highest BCUT2D eigenvalue weighted by molar-refractivity contribution is 7.99. The van der Waals surface area contributed by atoms with E-state index in [2.05, 4.69) is 20.7 Å². The number of aryl methyl sites for hydroxylation is 1. The molecule has 0 radical (unpaired) electrons. The van der Waals surface area contributed by atoms with Crippen LogP contribution in [0.4, 0.5) is 0 Å². The number of H-pyrrole nitrogens is 1. The molecule has 4 rings (SSSR count). The molecule has 35 heavy (non-hydrogen) atoms. The van der Waals surface area contributed by atoms with Gasteiger partial charge in [-0.25, -0.2) is 5.43 Å². The molecule has 0 spiro atoms. The number of amides is 1. The SMILES string of the molecule is COc1cc(C=NNC(=O)CSc2n[nH]c(-c3ccc(C)cc3)[n+]2-c2ccc(Cl)cc2)ccc1O. The number of halogens is 1. The first kappa shape index (κ1) is 24.3. The zero-order valence-electron chi connectivity index (χ0n) is 19.0. The summed E-state index contributed by atoms with van der Waals surface area (Å²) in [4.78, 5) is 12.4. The van der Waals surface area contributed by atoms with Crippen LogP contribution in [0.2, 0.25) is 5.02 Å². The van der Waals surface area contributed by atoms with Gasteiger partial charge >= 0.3 is 5.16 Å². The topological polar surface area (TPSA) is 103 Å². The third-order valence-electron chi connectivity index (χ3n) is 5.02. The van der Waals surface area contributed by atoms with Crippen molar-refractivity contribution >= 4 is 35.5 Å². The second-order valence-corrected chi connectivity index (χ2v) is 8.92. The Bertz CT molecular complexity index is 1350. The Balaban J connectivity index is 1.49. The van der Waals surface area contributed by atoms with E-state index in [1.165, 1.54) is 31.2 Å². The molecule has 0 bridgehead atoms. The molecule has 1 aromatic heterocycles. The number of phenols is 1. The van der Waals surface area contributed by atoms with Gasteiger partial charge in [0.1, 0.15) is 5.69 Å². The molecule has 0 saturated carbocycles. The summed E-state index contributed by atoms with van der Waals surface area (Å²) in [6, 6.07) is 20.3. The average molecular weight is 509 g/mol. The van der Waals surface area contributed by atoms with Crippen LogP contribution >= 0.6 is 23.4 Å². The quantitative estimate of drug-likeness (QED) is 0.143. The highest BCUT2D eigenvalue weighted by atomic mass is 35.5. The van der Waals surface area contributed by atoms with Crippen molar-refractivity contribution in [1.29, 1.82) is 0 Å². The molecule has 0 aliphatic carbocycles. The number of thioether (sulfide) groups is 1. The molecule has 3 N–H and O–H groups in total. The fourth-order valence-corrected chi connectivity index (χ4v) is 4.13. The monoisotopic (exact) mass is 508 g/mol. The van der Waals surface area contributed by atoms with Crippen LogP contribution in [0.25, 0.3) is 17.1 Å². The van der Waals surface area contributed by atoms with E-state index in [0.29, 0.717) is 21.5 Å². The summed E-state index contributed by atoms with van der Waals surface area (Å²) in [5.74, 6) is 0.949. The van der Waals surface area contributed by atoms with Crippen molar-refractivity contribution in [3.8, 4) is 28.6 Å². The van der Waals surface area contributed by atoms with E-state index >= 15 is 0 Å². The van der Waals surface area contributed by atoms with Gasteiger partial charge in [0.25, 0.3) is 11.7 Å². The smallest absolute Gasteiger partial charge is 0.342 e. The molecule has 178 valence electrons. The van der Waals surface area contributed by atoms with Gasteiger partial charge in [-0.05, 0) is 78.8 Å². The van der Waals surface area contributed by atoms with Crippen molar-refractivity contribution in [3.63, 3.8) is 0 Å². The number of ether oxygens (including phenoxy) is 1. The van der Waals surface area contributed by atoms with Gasteiger partial charge in [0.2, 0.25) is 0 Å². The molecular weight excluding hydrogens is 486 g/mol. The Kier molecular flexibility index (Phi) is 7.69. The highest BCUT2D eigenvalue weighted by Gasteiger charge is 2.24. The maximum absolute atomic E-state index is 12.4. The number of aromatic nitrogens is 3. The summed E-state index contributed by atoms with van der Waals surface area (Å²) in [5.41, 5.74) is 6.16. The van der Waals surface area contributed by atoms with Gasteiger partial charge in [-0.3, -0.25) is 4.79 Å². The van der Waals surface area contributed by atoms with Crippen molar-refractivity contribution in [2.75, 3.05) is 12.9 Å². The Morgan fingerprint density at radius 1 is 1.20 bits per heavy atom. The maximum Gasteiger partial charge on any atom is 0.342 e. The minimum absolute atomic E-state index is 0.0306. The Morgan fingerprint density at radius 2 is 1.94 bits per heavy atom. The molecule has 3 aromatic carbocycles. The molecule has 1 amide bonds. The van der Waals surface area contributed by atoms with E-state index in [1.807, 2.05) is 60.0 Å². The molecule has 0 aliphatic heterocycles. The number of carbonyl (C=O) groups is 1. The van der Waals surface area contributed by atoms with Gasteiger partial charge in [-0.15, -0.1) is 5.10 Å². The van der Waals surface area contributed by atoms with Gasteiger partial charge in [0, 0.05) is 5.02 Å². The van der Waals surface area contributed by atoms with Crippen LogP contribution in [-0.4, -0.2) is 40.3 Å². The first-order valence-corrected chi connectivity index (χ1v) is 12.0. The predicted octanol–water partition coefficient (Wildman–Crippen LogP) is 4.27. The second kappa shape index (κ2) is 11.1. The summed E-state index contributed by atoms with van der Waals surface area (Å²) in [7, 11) is 1.46. The van der Waals surface area contributed by atoms with E-state index in [4.69, 9.17) is 16.3 Å². The van der Waals surface area contributed by atoms with Gasteiger partial charge in [-0.1, -0.05) is 29.3 Å². The molecule has 8 nitrogen and oxygen atoms in total. The van der Waals surface area contributed by atoms with E-state index in [9.17, 15) is 9.90 Å². The third-order valence-corrected chi connectivity index (χ3v) is 6.21. The molecule has 10 heteroatoms. The van der Waals surface area contributed by atoms with Gasteiger partial charge in [0.05, 0.1) is 29.7 Å². The Morgan fingerprint density at radius 3 is 2.66 bits per heavy atom. The summed E-state index contributed by atoms with van der Waals surface area (Å²) >= 11 is 7.36. The summed E-state index contributed by atoms with van der Waals surface area (Å²) in [6.07, 6.45) is 1.47. The molecular formula is C25H23ClN5O3S+. The second-order valence-electron chi connectivity index (χ2n) is 7.55. The largest absolute Gasteiger partial charge is 0.504 e. The number of methoxy groups -OCH3 is 1. The van der Waals surface area contributed by atoms with Crippen molar-refractivity contribution in [2.24, 2.45) is 5.10 Å². The Labute approximate surface area is 211 Å². The lowest BCUT2D eigenvalue weighted by Gasteiger charge is -2.05. The lowest BCUT2D eigenvalue weighted by Crippen LogP contribution is -2.34. The molecule has 0 unspecified atom stereocenters. The minimum atomic E-state index is -0.292. The lowest BCUT2D eigenvalue weighted by atomic mass is 10.1. The molecule has 0 fully saturated rings. The van der Waals surface area contributed by atoms with E-state index < -0.39 is 0 Å². The zero-order chi connectivity index (χ0) is 24.8. The highest BCUT2D eigenvalue weighted by Crippen LogP contribution is 2.25. The summed E-state index contributed by atoms with van der Waals surface area (Å²) < 4.78 is 7.02. The number of phenolic OH excluding ortho intramolecular Hbond substituents is 1. The lowest BCUT2D eigenvalue weighted by molar-refractivity contribution is -0.625. The van der Waals surface area contributed by atoms with E-state index in [1.54, 1.807) is 12.1 Å². The molecule has 1 heterocycles. The number of hydrogen-bond donors (Lipinski definition) is 3. The minimum Gasteiger partial charge on any atom is -0.504 e. The number of benzene rings is 3. The molecule has 0 aliphatic rings. The maximum atomic E-state index is 12.4. The van der Waals surface area contributed by atoms with Crippen LogP contribution < -0.4 is 14.7 Å². The fourth-order valence-electron chi connectivity index (χ4n) is 3.24. The number of nitrogens with zero attached hydrogens (tertiary/aromatic N) is 3. The van der Waals surface area contributed by atoms with Crippen LogP contribution in [0.3, 0.4) is 0 Å². The van der Waals surface area contributed by atoms with E-state index in [-0.39, 0.29) is 17.4 Å². The molecule has 4 aromatic rings. The van der Waals surface area contributed by atoms with Gasteiger partial charge < -0.3 is 9.84 Å². The first-order chi connectivity index (χ1) is 16.9. The number of carbonyl (C=O) groups excluding carboxylic acids is 1. The predicted molar refractivity (Wildman–Crippen MR) is 136 cm³/mol. The van der Waals surface area contributed by atoms with Crippen LogP contribution in [0.15, 0.2) is 77.0 Å². The number of nitrogens with one attached hydrogen (secondary N) is 2. The number of aromatic amines is 1. The summed E-state index contributed by atoms with van der Waals surface area (Å²) in [5, 5.41) is 22.5. The standard InChI is InChI=1S/C25H22ClN5O3S/c1-16-3-6-18(7-4-16)24-29-30-25(31(24)20-10-8-19(26)9-11-20)35-15-23(33)28-27-14-17-5-12-21(32)22(13-17)34-2/h3-14H,15H2,1-2H3,(H2,27,28,32,33)/p+1. The van der Waals surface area contributed by atoms with Crippen LogP contribution in [0.5, 0.6) is 11.5 Å². The average Bonchev–Trinajstić information content (AvgIpc) is 3.28. The van der Waals surface area contributed by atoms with Crippen molar-refractivity contribution in [2.45, 2.75) is 12.1 Å². The van der Waals surface area contributed by atoms with Crippen molar-refractivity contribution < 1.29 is 19.2 Å². The van der Waals surface area contributed by atoms with Crippen molar-refractivity contribution in [1.82, 2.24) is 15.6 Å². The molecule has 0 atom stereocenters. The van der Waals surface area contributed by atoms with Crippen LogP contribution in [0.1, 0.15) is 11.1 Å².